The molecular weight excluding hydrogens is 250 g/mol. The number of benzene rings is 1. The maximum Gasteiger partial charge on any atom is 0.247 e. The highest BCUT2D eigenvalue weighted by atomic mass is 16.2. The van der Waals surface area contributed by atoms with Gasteiger partial charge in [0.25, 0.3) is 0 Å². The smallest absolute Gasteiger partial charge is 0.247 e. The van der Waals surface area contributed by atoms with Crippen molar-refractivity contribution in [3.8, 4) is 0 Å². The SMILES string of the molecule is Cc1ccc2c(n1)N1Cc3ccccc3CC1C(=O)N2. The zero-order valence-electron chi connectivity index (χ0n) is 11.3. The fourth-order valence-electron chi connectivity index (χ4n) is 3.06. The Morgan fingerprint density at radius 2 is 2.00 bits per heavy atom. The Bertz CT molecular complexity index is 711. The van der Waals surface area contributed by atoms with Crippen LogP contribution in [0.15, 0.2) is 36.4 Å². The van der Waals surface area contributed by atoms with Crippen molar-refractivity contribution < 1.29 is 4.79 Å². The third-order valence-electron chi connectivity index (χ3n) is 4.10. The molecule has 4 nitrogen and oxygen atoms in total. The van der Waals surface area contributed by atoms with Crippen molar-refractivity contribution in [3.05, 3.63) is 53.2 Å². The van der Waals surface area contributed by atoms with Gasteiger partial charge < -0.3 is 10.2 Å². The Kier molecular flexibility index (Phi) is 2.33. The molecule has 4 rings (SSSR count). The predicted octanol–water partition coefficient (Wildman–Crippen LogP) is 2.27. The minimum absolute atomic E-state index is 0.0673. The molecule has 0 fully saturated rings. The molecule has 4 heteroatoms. The Morgan fingerprint density at radius 3 is 2.85 bits per heavy atom. The van der Waals surface area contributed by atoms with Gasteiger partial charge >= 0.3 is 0 Å². The Balaban J connectivity index is 1.84. The Hall–Kier alpha value is -2.36. The third kappa shape index (κ3) is 1.61. The lowest BCUT2D eigenvalue weighted by molar-refractivity contribution is -0.117. The number of hydrogen-bond acceptors (Lipinski definition) is 3. The second-order valence-corrected chi connectivity index (χ2v) is 5.43. The van der Waals surface area contributed by atoms with Crippen LogP contribution in [0.3, 0.4) is 0 Å². The van der Waals surface area contributed by atoms with Crippen LogP contribution in [0.5, 0.6) is 0 Å². The van der Waals surface area contributed by atoms with Gasteiger partial charge in [0.1, 0.15) is 6.04 Å². The molecular formula is C16H15N3O. The third-order valence-corrected chi connectivity index (χ3v) is 4.10. The number of rotatable bonds is 0. The molecule has 2 aromatic rings. The van der Waals surface area contributed by atoms with Crippen LogP contribution in [-0.4, -0.2) is 16.9 Å². The summed E-state index contributed by atoms with van der Waals surface area (Å²) in [4.78, 5) is 19.1. The van der Waals surface area contributed by atoms with E-state index in [-0.39, 0.29) is 11.9 Å². The Morgan fingerprint density at radius 1 is 1.20 bits per heavy atom. The van der Waals surface area contributed by atoms with Crippen LogP contribution in [0.25, 0.3) is 0 Å². The monoisotopic (exact) mass is 265 g/mol. The van der Waals surface area contributed by atoms with Crippen molar-refractivity contribution >= 4 is 17.4 Å². The first kappa shape index (κ1) is 11.5. The van der Waals surface area contributed by atoms with E-state index in [1.807, 2.05) is 31.2 Å². The lowest BCUT2D eigenvalue weighted by Crippen LogP contribution is -2.51. The van der Waals surface area contributed by atoms with Crippen molar-refractivity contribution in [1.29, 1.82) is 0 Å². The fourth-order valence-corrected chi connectivity index (χ4v) is 3.06. The van der Waals surface area contributed by atoms with Gasteiger partial charge in [0.2, 0.25) is 5.91 Å². The molecule has 1 aromatic carbocycles. The maximum atomic E-state index is 12.3. The molecule has 2 aliphatic rings. The highest BCUT2D eigenvalue weighted by molar-refractivity contribution is 6.03. The second kappa shape index (κ2) is 4.07. The maximum absolute atomic E-state index is 12.3. The standard InChI is InChI=1S/C16H15N3O/c1-10-6-7-13-15(17-10)19-9-12-5-3-2-4-11(12)8-14(19)16(20)18-13/h2-7,14H,8-9H2,1H3,(H,18,20). The second-order valence-electron chi connectivity index (χ2n) is 5.43. The molecule has 1 atom stereocenters. The van der Waals surface area contributed by atoms with E-state index in [0.29, 0.717) is 0 Å². The summed E-state index contributed by atoms with van der Waals surface area (Å²) < 4.78 is 0. The topological polar surface area (TPSA) is 45.2 Å². The number of carbonyl (C=O) groups is 1. The number of nitrogens with one attached hydrogen (secondary N) is 1. The molecule has 2 aliphatic heterocycles. The summed E-state index contributed by atoms with van der Waals surface area (Å²) in [6, 6.07) is 12.0. The number of fused-ring (bicyclic) bond motifs is 4. The normalized spacial score (nSPS) is 19.8. The predicted molar refractivity (Wildman–Crippen MR) is 77.7 cm³/mol. The van der Waals surface area contributed by atoms with Crippen molar-refractivity contribution in [2.75, 3.05) is 10.2 Å². The number of aromatic nitrogens is 1. The lowest BCUT2D eigenvalue weighted by atomic mass is 9.92. The van der Waals surface area contributed by atoms with Gasteiger partial charge in [-0.15, -0.1) is 0 Å². The molecule has 1 amide bonds. The molecule has 0 saturated heterocycles. The highest BCUT2D eigenvalue weighted by Crippen LogP contribution is 2.35. The lowest BCUT2D eigenvalue weighted by Gasteiger charge is -2.40. The number of pyridine rings is 1. The quantitative estimate of drug-likeness (QED) is 0.794. The molecule has 0 saturated carbocycles. The van der Waals surface area contributed by atoms with E-state index in [9.17, 15) is 4.79 Å². The van der Waals surface area contributed by atoms with Gasteiger partial charge in [-0.05, 0) is 30.2 Å². The summed E-state index contributed by atoms with van der Waals surface area (Å²) in [5.41, 5.74) is 4.33. The summed E-state index contributed by atoms with van der Waals surface area (Å²) in [6.45, 7) is 2.72. The fraction of sp³-hybridized carbons (Fsp3) is 0.250. The van der Waals surface area contributed by atoms with Gasteiger partial charge in [-0.2, -0.15) is 0 Å². The minimum Gasteiger partial charge on any atom is -0.338 e. The average Bonchev–Trinajstić information content (AvgIpc) is 2.47. The molecule has 1 N–H and O–H groups in total. The zero-order valence-corrected chi connectivity index (χ0v) is 11.3. The molecule has 100 valence electrons. The molecule has 0 bridgehead atoms. The summed E-state index contributed by atoms with van der Waals surface area (Å²) in [6.07, 6.45) is 0.747. The van der Waals surface area contributed by atoms with Crippen LogP contribution >= 0.6 is 0 Å². The van der Waals surface area contributed by atoms with Crippen LogP contribution in [-0.2, 0) is 17.8 Å². The van der Waals surface area contributed by atoms with Crippen molar-refractivity contribution in [2.24, 2.45) is 0 Å². The highest BCUT2D eigenvalue weighted by Gasteiger charge is 2.37. The van der Waals surface area contributed by atoms with E-state index in [2.05, 4.69) is 27.3 Å². The minimum atomic E-state index is -0.147. The molecule has 1 aromatic heterocycles. The van der Waals surface area contributed by atoms with Crippen molar-refractivity contribution in [2.45, 2.75) is 25.9 Å². The number of carbonyl (C=O) groups excluding carboxylic acids is 1. The first-order valence-electron chi connectivity index (χ1n) is 6.84. The largest absolute Gasteiger partial charge is 0.338 e. The van der Waals surface area contributed by atoms with Crippen LogP contribution in [0.2, 0.25) is 0 Å². The molecule has 0 radical (unpaired) electrons. The Labute approximate surface area is 117 Å². The van der Waals surface area contributed by atoms with E-state index in [1.165, 1.54) is 11.1 Å². The van der Waals surface area contributed by atoms with Crippen molar-refractivity contribution in [1.82, 2.24) is 4.98 Å². The van der Waals surface area contributed by atoms with Gasteiger partial charge in [-0.25, -0.2) is 4.98 Å². The number of anilines is 2. The van der Waals surface area contributed by atoms with Gasteiger partial charge in [0.05, 0.1) is 5.69 Å². The van der Waals surface area contributed by atoms with E-state index in [4.69, 9.17) is 0 Å². The van der Waals surface area contributed by atoms with Gasteiger partial charge in [0.15, 0.2) is 5.82 Å². The van der Waals surface area contributed by atoms with Gasteiger partial charge in [-0.1, -0.05) is 24.3 Å². The van der Waals surface area contributed by atoms with E-state index in [0.717, 1.165) is 30.2 Å². The molecule has 0 spiro atoms. The van der Waals surface area contributed by atoms with Gasteiger partial charge in [-0.3, -0.25) is 4.79 Å². The van der Waals surface area contributed by atoms with Crippen LogP contribution in [0.1, 0.15) is 16.8 Å². The number of amides is 1. The van der Waals surface area contributed by atoms with Crippen LogP contribution in [0.4, 0.5) is 11.5 Å². The van der Waals surface area contributed by atoms with Gasteiger partial charge in [0, 0.05) is 18.7 Å². The average molecular weight is 265 g/mol. The van der Waals surface area contributed by atoms with E-state index >= 15 is 0 Å². The van der Waals surface area contributed by atoms with Crippen molar-refractivity contribution in [3.63, 3.8) is 0 Å². The molecule has 20 heavy (non-hydrogen) atoms. The van der Waals surface area contributed by atoms with Crippen LogP contribution < -0.4 is 10.2 Å². The number of hydrogen-bond donors (Lipinski definition) is 1. The molecule has 3 heterocycles. The first-order valence-corrected chi connectivity index (χ1v) is 6.84. The van der Waals surface area contributed by atoms with E-state index < -0.39 is 0 Å². The van der Waals surface area contributed by atoms with Crippen LogP contribution in [0, 0.1) is 6.92 Å². The molecule has 1 unspecified atom stereocenters. The zero-order chi connectivity index (χ0) is 13.7. The summed E-state index contributed by atoms with van der Waals surface area (Å²) >= 11 is 0. The number of nitrogens with zero attached hydrogens (tertiary/aromatic N) is 2. The first-order chi connectivity index (χ1) is 9.72. The summed E-state index contributed by atoms with van der Waals surface area (Å²) in [5.74, 6) is 0.960. The number of aryl methyl sites for hydroxylation is 1. The summed E-state index contributed by atoms with van der Waals surface area (Å²) in [7, 11) is 0. The summed E-state index contributed by atoms with van der Waals surface area (Å²) in [5, 5.41) is 2.97. The molecule has 0 aliphatic carbocycles. The van der Waals surface area contributed by atoms with E-state index in [1.54, 1.807) is 0 Å².